The number of carbonyl (C=O) groups excluding carboxylic acids is 3. The second-order valence-electron chi connectivity index (χ2n) is 9.86. The zero-order valence-corrected chi connectivity index (χ0v) is 20.9. The summed E-state index contributed by atoms with van der Waals surface area (Å²) in [6.07, 6.45) is 2.94. The van der Waals surface area contributed by atoms with Crippen molar-refractivity contribution in [1.29, 1.82) is 0 Å². The van der Waals surface area contributed by atoms with Gasteiger partial charge in [0.15, 0.2) is 5.78 Å². The van der Waals surface area contributed by atoms with Crippen molar-refractivity contribution in [3.63, 3.8) is 0 Å². The monoisotopic (exact) mass is 483 g/mol. The largest absolute Gasteiger partial charge is 0.464 e. The number of nitrogens with one attached hydrogen (secondary N) is 1. The third kappa shape index (κ3) is 10.5. The molecule has 194 valence electrons. The zero-order chi connectivity index (χ0) is 25.9. The lowest BCUT2D eigenvalue weighted by Gasteiger charge is -2.27. The topological polar surface area (TPSA) is 142 Å². The third-order valence-corrected chi connectivity index (χ3v) is 5.58. The molecular weight excluding hydrogens is 442 g/mol. The van der Waals surface area contributed by atoms with E-state index in [0.29, 0.717) is 6.42 Å². The van der Waals surface area contributed by atoms with Gasteiger partial charge in [0.1, 0.15) is 31.0 Å². The van der Waals surface area contributed by atoms with Gasteiger partial charge in [0, 0.05) is 19.4 Å². The SMILES string of the molecule is CO[C@@H](C(=O)C[C@@H](C)C(=O)NCCOC(=O)C1CC=CCC1)[C@H](O)[C@@H](O)[C@H](O)/C=C/C(C)(C)C. The summed E-state index contributed by atoms with van der Waals surface area (Å²) in [6, 6.07) is 0. The van der Waals surface area contributed by atoms with Gasteiger partial charge in [0.05, 0.1) is 12.5 Å². The number of methoxy groups -OCH3 is 1. The highest BCUT2D eigenvalue weighted by atomic mass is 16.5. The van der Waals surface area contributed by atoms with E-state index in [1.807, 2.05) is 32.9 Å². The van der Waals surface area contributed by atoms with Crippen LogP contribution < -0.4 is 5.32 Å². The van der Waals surface area contributed by atoms with Crippen LogP contribution in [0, 0.1) is 17.3 Å². The first kappa shape index (κ1) is 30.0. The molecular formula is C25H41NO8. The van der Waals surface area contributed by atoms with Crippen LogP contribution in [0.3, 0.4) is 0 Å². The fourth-order valence-electron chi connectivity index (χ4n) is 3.48. The van der Waals surface area contributed by atoms with E-state index in [9.17, 15) is 29.7 Å². The van der Waals surface area contributed by atoms with Gasteiger partial charge in [-0.25, -0.2) is 0 Å². The molecule has 0 heterocycles. The maximum Gasteiger partial charge on any atom is 0.309 e. The minimum Gasteiger partial charge on any atom is -0.464 e. The van der Waals surface area contributed by atoms with E-state index in [0.717, 1.165) is 12.8 Å². The lowest BCUT2D eigenvalue weighted by atomic mass is 9.92. The number of ketones is 1. The first-order valence-corrected chi connectivity index (χ1v) is 11.8. The van der Waals surface area contributed by atoms with E-state index < -0.39 is 42.0 Å². The molecule has 0 bridgehead atoms. The number of hydrogen-bond donors (Lipinski definition) is 4. The molecule has 0 saturated heterocycles. The van der Waals surface area contributed by atoms with Crippen LogP contribution in [0.4, 0.5) is 0 Å². The summed E-state index contributed by atoms with van der Waals surface area (Å²) in [4.78, 5) is 36.9. The minimum atomic E-state index is -1.68. The molecule has 0 radical (unpaired) electrons. The number of carbonyl (C=O) groups is 3. The van der Waals surface area contributed by atoms with Gasteiger partial charge in [-0.05, 0) is 24.7 Å². The van der Waals surface area contributed by atoms with Gasteiger partial charge >= 0.3 is 5.97 Å². The van der Waals surface area contributed by atoms with Gasteiger partial charge in [-0.3, -0.25) is 14.4 Å². The fourth-order valence-corrected chi connectivity index (χ4v) is 3.48. The first-order valence-electron chi connectivity index (χ1n) is 11.8. The Bertz CT molecular complexity index is 727. The number of ether oxygens (including phenoxy) is 2. The van der Waals surface area contributed by atoms with Crippen molar-refractivity contribution in [3.05, 3.63) is 24.3 Å². The molecule has 9 heteroatoms. The van der Waals surface area contributed by atoms with Crippen LogP contribution >= 0.6 is 0 Å². The molecule has 1 amide bonds. The molecule has 0 aromatic carbocycles. The minimum absolute atomic E-state index is 0.0387. The highest BCUT2D eigenvalue weighted by molar-refractivity contribution is 5.89. The van der Waals surface area contributed by atoms with Crippen molar-refractivity contribution in [2.45, 2.75) is 77.8 Å². The average Bonchev–Trinajstić information content (AvgIpc) is 2.79. The Morgan fingerprint density at radius 3 is 2.38 bits per heavy atom. The predicted octanol–water partition coefficient (Wildman–Crippen LogP) is 1.30. The van der Waals surface area contributed by atoms with Crippen molar-refractivity contribution in [2.75, 3.05) is 20.3 Å². The molecule has 34 heavy (non-hydrogen) atoms. The average molecular weight is 484 g/mol. The van der Waals surface area contributed by atoms with Gasteiger partial charge < -0.3 is 30.1 Å². The molecule has 0 aromatic rings. The Balaban J connectivity index is 2.48. The summed E-state index contributed by atoms with van der Waals surface area (Å²) >= 11 is 0. The normalized spacial score (nSPS) is 20.9. The standard InChI is InChI=1S/C25H41NO8/c1-16(23(31)26-13-14-34-24(32)17-9-7-6-8-10-17)15-19(28)22(33-5)21(30)20(29)18(27)11-12-25(2,3)4/h6-7,11-12,16-18,20-22,27,29-30H,8-10,13-15H2,1-5H3,(H,26,31)/b12-11+/t16-,17?,18-,20+,21-,22+/m1/s1. The van der Waals surface area contributed by atoms with Gasteiger partial charge in [-0.2, -0.15) is 0 Å². The second-order valence-corrected chi connectivity index (χ2v) is 9.86. The van der Waals surface area contributed by atoms with Gasteiger partial charge in [-0.15, -0.1) is 0 Å². The Hall–Kier alpha value is -2.07. The lowest BCUT2D eigenvalue weighted by Crippen LogP contribution is -2.48. The summed E-state index contributed by atoms with van der Waals surface area (Å²) in [5.41, 5.74) is -0.240. The third-order valence-electron chi connectivity index (χ3n) is 5.58. The van der Waals surface area contributed by atoms with Gasteiger partial charge in [0.2, 0.25) is 5.91 Å². The van der Waals surface area contributed by atoms with Crippen LogP contribution in [-0.4, -0.2) is 77.7 Å². The van der Waals surface area contributed by atoms with Gasteiger partial charge in [-0.1, -0.05) is 52.0 Å². The van der Waals surface area contributed by atoms with Crippen LogP contribution in [0.15, 0.2) is 24.3 Å². The molecule has 1 aliphatic rings. The highest BCUT2D eigenvalue weighted by Gasteiger charge is 2.36. The molecule has 0 spiro atoms. The summed E-state index contributed by atoms with van der Waals surface area (Å²) in [7, 11) is 1.21. The number of aliphatic hydroxyl groups is 3. The number of rotatable bonds is 13. The molecule has 1 unspecified atom stereocenters. The summed E-state index contributed by atoms with van der Waals surface area (Å²) in [5, 5.41) is 33.4. The smallest absolute Gasteiger partial charge is 0.309 e. The van der Waals surface area contributed by atoms with Crippen molar-refractivity contribution in [3.8, 4) is 0 Å². The molecule has 4 N–H and O–H groups in total. The molecule has 6 atom stereocenters. The fraction of sp³-hybridized carbons (Fsp3) is 0.720. The van der Waals surface area contributed by atoms with E-state index in [4.69, 9.17) is 9.47 Å². The maximum atomic E-state index is 12.6. The maximum absolute atomic E-state index is 12.6. The van der Waals surface area contributed by atoms with E-state index >= 15 is 0 Å². The van der Waals surface area contributed by atoms with Crippen LogP contribution in [0.2, 0.25) is 0 Å². The number of aliphatic hydroxyl groups excluding tert-OH is 3. The van der Waals surface area contributed by atoms with E-state index in [1.165, 1.54) is 13.2 Å². The zero-order valence-electron chi connectivity index (χ0n) is 20.9. The molecule has 1 rings (SSSR count). The Labute approximate surface area is 202 Å². The number of Topliss-reactive ketones (excluding diaryl/α,β-unsaturated/α-hetero) is 1. The van der Waals surface area contributed by atoms with E-state index in [-0.39, 0.29) is 36.9 Å². The number of esters is 1. The molecule has 0 fully saturated rings. The van der Waals surface area contributed by atoms with Crippen LogP contribution in [0.1, 0.15) is 53.4 Å². The molecule has 0 aliphatic heterocycles. The van der Waals surface area contributed by atoms with Crippen molar-refractivity contribution in [2.24, 2.45) is 17.3 Å². The molecule has 1 aliphatic carbocycles. The van der Waals surface area contributed by atoms with E-state index in [2.05, 4.69) is 5.32 Å². The number of hydrogen-bond acceptors (Lipinski definition) is 8. The predicted molar refractivity (Wildman–Crippen MR) is 127 cm³/mol. The first-order chi connectivity index (χ1) is 15.9. The molecule has 0 saturated carbocycles. The number of allylic oxidation sites excluding steroid dienone is 3. The van der Waals surface area contributed by atoms with Crippen molar-refractivity contribution >= 4 is 17.7 Å². The van der Waals surface area contributed by atoms with Crippen LogP contribution in [-0.2, 0) is 23.9 Å². The van der Waals surface area contributed by atoms with Gasteiger partial charge in [0.25, 0.3) is 0 Å². The van der Waals surface area contributed by atoms with E-state index in [1.54, 1.807) is 13.0 Å². The lowest BCUT2D eigenvalue weighted by molar-refractivity contribution is -0.149. The summed E-state index contributed by atoms with van der Waals surface area (Å²) < 4.78 is 10.3. The molecule has 9 nitrogen and oxygen atoms in total. The number of amides is 1. The van der Waals surface area contributed by atoms with Crippen LogP contribution in [0.5, 0.6) is 0 Å². The summed E-state index contributed by atoms with van der Waals surface area (Å²) in [5.74, 6) is -2.16. The van der Waals surface area contributed by atoms with Crippen molar-refractivity contribution in [1.82, 2.24) is 5.32 Å². The Kier molecular flexibility index (Phi) is 12.7. The Morgan fingerprint density at radius 2 is 1.82 bits per heavy atom. The second kappa shape index (κ2) is 14.4. The van der Waals surface area contributed by atoms with Crippen molar-refractivity contribution < 1.29 is 39.2 Å². The summed E-state index contributed by atoms with van der Waals surface area (Å²) in [6.45, 7) is 7.43. The van der Waals surface area contributed by atoms with Crippen LogP contribution in [0.25, 0.3) is 0 Å². The quantitative estimate of drug-likeness (QED) is 0.174. The Morgan fingerprint density at radius 1 is 1.15 bits per heavy atom. The highest BCUT2D eigenvalue weighted by Crippen LogP contribution is 2.20. The molecule has 0 aromatic heterocycles.